The molecule has 16 heavy (non-hydrogen) atoms. The average molecular weight is 242 g/mol. The molecule has 0 aliphatic heterocycles. The first kappa shape index (κ1) is 16.2. The summed E-state index contributed by atoms with van der Waals surface area (Å²) in [5.41, 5.74) is -0.865. The molecule has 1 saturated carbocycles. The molecular formula is C9H18LiNO4P+. The largest absolute Gasteiger partial charge is 1.00 e. The van der Waals surface area contributed by atoms with E-state index in [-0.39, 0.29) is 31.5 Å². The van der Waals surface area contributed by atoms with Crippen LogP contribution in [0.1, 0.15) is 39.0 Å². The van der Waals surface area contributed by atoms with E-state index in [1.165, 1.54) is 6.42 Å². The molecule has 0 aromatic heterocycles. The second kappa shape index (κ2) is 7.53. The van der Waals surface area contributed by atoms with Crippen LogP contribution in [-0.2, 0) is 9.09 Å². The van der Waals surface area contributed by atoms with Gasteiger partial charge in [-0.2, -0.15) is 0 Å². The van der Waals surface area contributed by atoms with Crippen LogP contribution >= 0.6 is 7.60 Å². The summed E-state index contributed by atoms with van der Waals surface area (Å²) < 4.78 is 15.8. The molecular weight excluding hydrogens is 224 g/mol. The van der Waals surface area contributed by atoms with E-state index < -0.39 is 13.2 Å². The fourth-order valence-electron chi connectivity index (χ4n) is 1.74. The van der Waals surface area contributed by atoms with Gasteiger partial charge in [0, 0.05) is 6.04 Å². The second-order valence-electron chi connectivity index (χ2n) is 3.72. The molecule has 1 fully saturated rings. The fourth-order valence-corrected chi connectivity index (χ4v) is 2.55. The summed E-state index contributed by atoms with van der Waals surface area (Å²) in [7, 11) is -4.10. The molecule has 0 aromatic carbocycles. The first-order valence-corrected chi connectivity index (χ1v) is 6.92. The number of nitrogens with one attached hydrogen (secondary N) is 1. The maximum atomic E-state index is 11.4. The molecule has 7 heteroatoms. The van der Waals surface area contributed by atoms with Crippen molar-refractivity contribution in [2.75, 3.05) is 6.61 Å². The van der Waals surface area contributed by atoms with Crippen LogP contribution in [0.25, 0.3) is 0 Å². The van der Waals surface area contributed by atoms with Gasteiger partial charge in [0.25, 0.3) is 0 Å². The van der Waals surface area contributed by atoms with E-state index >= 15 is 0 Å². The Bertz CT molecular complexity index is 268. The van der Waals surface area contributed by atoms with Crippen LogP contribution in [-0.4, -0.2) is 23.2 Å². The number of carbonyl (C=O) groups is 1. The van der Waals surface area contributed by atoms with E-state index in [0.29, 0.717) is 0 Å². The summed E-state index contributed by atoms with van der Waals surface area (Å²) in [5.74, 6) is 0. The Morgan fingerprint density at radius 2 is 2.00 bits per heavy atom. The Kier molecular flexibility index (Phi) is 7.63. The summed E-state index contributed by atoms with van der Waals surface area (Å²) >= 11 is 0. The van der Waals surface area contributed by atoms with Crippen molar-refractivity contribution < 1.29 is 37.6 Å². The molecule has 0 radical (unpaired) electrons. The number of rotatable bonds is 4. The number of hydrogen-bond acceptors (Lipinski definition) is 3. The van der Waals surface area contributed by atoms with Gasteiger partial charge in [-0.1, -0.05) is 19.3 Å². The summed E-state index contributed by atoms with van der Waals surface area (Å²) in [4.78, 5) is 20.6. The molecule has 0 saturated heterocycles. The number of hydrogen-bond donors (Lipinski definition) is 2. The van der Waals surface area contributed by atoms with Crippen molar-refractivity contribution in [2.45, 2.75) is 45.1 Å². The Hall–Kier alpha value is 0.217. The molecule has 2 N–H and O–H groups in total. The van der Waals surface area contributed by atoms with Gasteiger partial charge >= 0.3 is 32.1 Å². The molecule has 1 rings (SSSR count). The van der Waals surface area contributed by atoms with Gasteiger partial charge in [0.15, 0.2) is 0 Å². The van der Waals surface area contributed by atoms with E-state index in [9.17, 15) is 14.3 Å². The zero-order valence-electron chi connectivity index (χ0n) is 9.94. The predicted octanol–water partition coefficient (Wildman–Crippen LogP) is -0.745. The average Bonchev–Trinajstić information content (AvgIpc) is 2.19. The van der Waals surface area contributed by atoms with Crippen molar-refractivity contribution in [1.82, 2.24) is 5.32 Å². The van der Waals surface area contributed by atoms with Crippen LogP contribution in [0, 0.1) is 0 Å². The van der Waals surface area contributed by atoms with Crippen LogP contribution < -0.4 is 24.2 Å². The monoisotopic (exact) mass is 242 g/mol. The van der Waals surface area contributed by atoms with Gasteiger partial charge in [-0.3, -0.25) is 4.79 Å². The van der Waals surface area contributed by atoms with Crippen molar-refractivity contribution in [2.24, 2.45) is 0 Å². The third kappa shape index (κ3) is 5.03. The van der Waals surface area contributed by atoms with Gasteiger partial charge in [-0.25, -0.2) is 4.57 Å². The van der Waals surface area contributed by atoms with Crippen molar-refractivity contribution >= 4 is 13.2 Å². The minimum atomic E-state index is -4.10. The molecule has 0 bridgehead atoms. The van der Waals surface area contributed by atoms with E-state index in [2.05, 4.69) is 9.84 Å². The molecule has 1 amide bonds. The van der Waals surface area contributed by atoms with Crippen molar-refractivity contribution in [3.05, 3.63) is 0 Å². The smallest absolute Gasteiger partial charge is 0.343 e. The van der Waals surface area contributed by atoms with Gasteiger partial charge < -0.3 is 14.7 Å². The topological polar surface area (TPSA) is 75.6 Å². The Balaban J connectivity index is 0.00000225. The quantitative estimate of drug-likeness (QED) is 0.502. The van der Waals surface area contributed by atoms with Gasteiger partial charge in [0.2, 0.25) is 0 Å². The van der Waals surface area contributed by atoms with Crippen LogP contribution in [0.2, 0.25) is 0 Å². The van der Waals surface area contributed by atoms with E-state index in [1.807, 2.05) is 0 Å². The van der Waals surface area contributed by atoms with Gasteiger partial charge in [0.1, 0.15) is 0 Å². The minimum Gasteiger partial charge on any atom is -0.343 e. The standard InChI is InChI=1S/C9H18NO4P.Li/c1-2-14-15(12,13)9(11)10-8-6-4-3-5-7-8;/h8H,2-7H2,1H3,(H,10,11)(H,12,13);/q;+1. The van der Waals surface area contributed by atoms with Crippen molar-refractivity contribution in [3.63, 3.8) is 0 Å². The van der Waals surface area contributed by atoms with Crippen molar-refractivity contribution in [3.8, 4) is 0 Å². The SMILES string of the molecule is CCOP(=O)(O)C(=O)NC1CCCCC1.[Li+]. The molecule has 88 valence electrons. The van der Waals surface area contributed by atoms with E-state index in [4.69, 9.17) is 0 Å². The number of carbonyl (C=O) groups excluding carboxylic acids is 1. The van der Waals surface area contributed by atoms with Crippen LogP contribution in [0.3, 0.4) is 0 Å². The number of amides is 1. The van der Waals surface area contributed by atoms with Crippen LogP contribution in [0.15, 0.2) is 0 Å². The molecule has 0 heterocycles. The normalized spacial score (nSPS) is 20.6. The summed E-state index contributed by atoms with van der Waals surface area (Å²) in [6.07, 6.45) is 5.08. The molecule has 5 nitrogen and oxygen atoms in total. The van der Waals surface area contributed by atoms with Crippen molar-refractivity contribution in [1.29, 1.82) is 0 Å². The third-order valence-corrected chi connectivity index (χ3v) is 3.74. The molecule has 1 aliphatic carbocycles. The van der Waals surface area contributed by atoms with Crippen LogP contribution in [0.5, 0.6) is 0 Å². The van der Waals surface area contributed by atoms with E-state index in [0.717, 1.165) is 25.7 Å². The van der Waals surface area contributed by atoms with Crippen LogP contribution in [0.4, 0.5) is 4.79 Å². The van der Waals surface area contributed by atoms with Gasteiger partial charge in [-0.15, -0.1) is 0 Å². The Morgan fingerprint density at radius 3 is 2.50 bits per heavy atom. The minimum absolute atomic E-state index is 0. The maximum absolute atomic E-state index is 11.4. The Morgan fingerprint density at radius 1 is 1.44 bits per heavy atom. The maximum Gasteiger partial charge on any atom is 1.00 e. The summed E-state index contributed by atoms with van der Waals surface area (Å²) in [6, 6.07) is 0.0344. The zero-order chi connectivity index (χ0) is 11.3. The summed E-state index contributed by atoms with van der Waals surface area (Å²) in [6.45, 7) is 1.64. The predicted molar refractivity (Wildman–Crippen MR) is 56.9 cm³/mol. The van der Waals surface area contributed by atoms with Gasteiger partial charge in [0.05, 0.1) is 6.61 Å². The fraction of sp³-hybridized carbons (Fsp3) is 0.889. The first-order chi connectivity index (χ1) is 7.06. The molecule has 1 atom stereocenters. The molecule has 1 unspecified atom stereocenters. The van der Waals surface area contributed by atoms with Gasteiger partial charge in [-0.05, 0) is 19.8 Å². The molecule has 0 spiro atoms. The molecule has 1 aliphatic rings. The Labute approximate surface area is 108 Å². The zero-order valence-corrected chi connectivity index (χ0v) is 10.8. The molecule has 0 aromatic rings. The van der Waals surface area contributed by atoms with E-state index in [1.54, 1.807) is 6.92 Å². The first-order valence-electron chi connectivity index (χ1n) is 5.34. The summed E-state index contributed by atoms with van der Waals surface area (Å²) in [5, 5.41) is 2.57. The third-order valence-electron chi connectivity index (χ3n) is 2.49. The second-order valence-corrected chi connectivity index (χ2v) is 5.43.